The van der Waals surface area contributed by atoms with Crippen molar-refractivity contribution in [2.24, 2.45) is 0 Å². The topological polar surface area (TPSA) is 52.7 Å². The van der Waals surface area contributed by atoms with E-state index in [1.807, 2.05) is 13.8 Å². The predicted molar refractivity (Wildman–Crippen MR) is 75.2 cm³/mol. The summed E-state index contributed by atoms with van der Waals surface area (Å²) in [5.41, 5.74) is 0. The van der Waals surface area contributed by atoms with Crippen molar-refractivity contribution in [1.29, 1.82) is 0 Å². The van der Waals surface area contributed by atoms with Gasteiger partial charge in [0, 0.05) is 38.3 Å². The van der Waals surface area contributed by atoms with E-state index in [2.05, 4.69) is 5.32 Å². The molecule has 5 nitrogen and oxygen atoms in total. The minimum absolute atomic E-state index is 0. The van der Waals surface area contributed by atoms with Gasteiger partial charge < -0.3 is 5.32 Å². The Hall–Kier alpha value is 0.120. The summed E-state index contributed by atoms with van der Waals surface area (Å²) >= 11 is 0. The Bertz CT molecular complexity index is 347. The zero-order chi connectivity index (χ0) is 12.5. The van der Waals surface area contributed by atoms with E-state index in [9.17, 15) is 8.42 Å². The fourth-order valence-electron chi connectivity index (χ4n) is 2.72. The summed E-state index contributed by atoms with van der Waals surface area (Å²) in [6.07, 6.45) is 3.15. The first-order valence-corrected chi connectivity index (χ1v) is 7.91. The van der Waals surface area contributed by atoms with Gasteiger partial charge in [0.05, 0.1) is 0 Å². The molecular formula is C11H24ClN3O2S. The molecule has 0 aromatic heterocycles. The van der Waals surface area contributed by atoms with Gasteiger partial charge in [-0.05, 0) is 26.7 Å². The third-order valence-corrected chi connectivity index (χ3v) is 5.46. The number of halogens is 1. The number of rotatable bonds is 2. The van der Waals surface area contributed by atoms with Gasteiger partial charge >= 0.3 is 0 Å². The fourth-order valence-corrected chi connectivity index (χ4v) is 4.59. The molecule has 0 aliphatic carbocycles. The largest absolute Gasteiger partial charge is 0.309 e. The second-order valence-corrected chi connectivity index (χ2v) is 7.18. The van der Waals surface area contributed by atoms with Crippen molar-refractivity contribution < 1.29 is 8.42 Å². The molecule has 18 heavy (non-hydrogen) atoms. The molecule has 2 fully saturated rings. The van der Waals surface area contributed by atoms with E-state index < -0.39 is 10.2 Å². The number of hydrogen-bond acceptors (Lipinski definition) is 3. The first kappa shape index (κ1) is 16.2. The maximum Gasteiger partial charge on any atom is 0.282 e. The fraction of sp³-hybridized carbons (Fsp3) is 1.00. The van der Waals surface area contributed by atoms with Crippen molar-refractivity contribution in [1.82, 2.24) is 13.9 Å². The minimum atomic E-state index is -3.22. The van der Waals surface area contributed by atoms with E-state index in [0.717, 1.165) is 19.3 Å². The number of piperidine rings is 1. The molecule has 0 bridgehead atoms. The average Bonchev–Trinajstić information content (AvgIpc) is 2.29. The highest BCUT2D eigenvalue weighted by Gasteiger charge is 2.34. The van der Waals surface area contributed by atoms with Crippen molar-refractivity contribution in [3.63, 3.8) is 0 Å². The van der Waals surface area contributed by atoms with Gasteiger partial charge in [0.2, 0.25) is 0 Å². The second kappa shape index (κ2) is 6.52. The molecule has 0 saturated carbocycles. The lowest BCUT2D eigenvalue weighted by Gasteiger charge is -2.38. The van der Waals surface area contributed by atoms with E-state index in [-0.39, 0.29) is 24.5 Å². The van der Waals surface area contributed by atoms with E-state index in [1.165, 1.54) is 0 Å². The van der Waals surface area contributed by atoms with Gasteiger partial charge in [-0.25, -0.2) is 0 Å². The number of nitrogens with one attached hydrogen (secondary N) is 1. The summed E-state index contributed by atoms with van der Waals surface area (Å²) in [7, 11) is -3.22. The molecule has 0 amide bonds. The third-order valence-electron chi connectivity index (χ3n) is 3.49. The molecule has 2 heterocycles. The molecule has 0 spiro atoms. The zero-order valence-electron chi connectivity index (χ0n) is 11.1. The molecule has 2 aliphatic heterocycles. The Balaban J connectivity index is 0.00000162. The average molecular weight is 298 g/mol. The molecule has 2 atom stereocenters. The van der Waals surface area contributed by atoms with Crippen LogP contribution in [0.1, 0.15) is 33.1 Å². The van der Waals surface area contributed by atoms with Gasteiger partial charge in [-0.2, -0.15) is 17.0 Å². The monoisotopic (exact) mass is 297 g/mol. The van der Waals surface area contributed by atoms with Gasteiger partial charge in [0.1, 0.15) is 0 Å². The summed E-state index contributed by atoms with van der Waals surface area (Å²) in [5, 5.41) is 3.36. The van der Waals surface area contributed by atoms with Crippen LogP contribution in [0.3, 0.4) is 0 Å². The molecular weight excluding hydrogens is 274 g/mol. The summed E-state index contributed by atoms with van der Waals surface area (Å²) in [6, 6.07) is 0.469. The summed E-state index contributed by atoms with van der Waals surface area (Å²) in [4.78, 5) is 0. The first-order chi connectivity index (χ1) is 8.00. The van der Waals surface area contributed by atoms with E-state index in [1.54, 1.807) is 8.61 Å². The molecule has 1 N–H and O–H groups in total. The first-order valence-electron chi connectivity index (χ1n) is 6.51. The molecule has 2 aliphatic rings. The zero-order valence-corrected chi connectivity index (χ0v) is 12.8. The van der Waals surface area contributed by atoms with Crippen LogP contribution in [0.2, 0.25) is 0 Å². The summed E-state index contributed by atoms with van der Waals surface area (Å²) in [5.74, 6) is 0. The Morgan fingerprint density at radius 2 is 1.44 bits per heavy atom. The minimum Gasteiger partial charge on any atom is -0.309 e. The maximum absolute atomic E-state index is 12.5. The molecule has 7 heteroatoms. The van der Waals surface area contributed by atoms with Gasteiger partial charge in [0.25, 0.3) is 10.2 Å². The Morgan fingerprint density at radius 3 is 1.94 bits per heavy atom. The van der Waals surface area contributed by atoms with Crippen molar-refractivity contribution >= 4 is 22.6 Å². The lowest BCUT2D eigenvalue weighted by atomic mass is 10.2. The molecule has 2 saturated heterocycles. The standard InChI is InChI=1S/C11H23N3O2S.ClH/c1-10-8-14(9-11(2)12-10)17(15,16)13-6-4-3-5-7-13;/h10-12H,3-9H2,1-2H3;1H. The number of hydrogen-bond donors (Lipinski definition) is 1. The smallest absolute Gasteiger partial charge is 0.282 e. The second-order valence-electron chi connectivity index (χ2n) is 5.25. The van der Waals surface area contributed by atoms with Crippen LogP contribution in [0.15, 0.2) is 0 Å². The number of piperazine rings is 1. The summed E-state index contributed by atoms with van der Waals surface area (Å²) < 4.78 is 28.2. The van der Waals surface area contributed by atoms with Crippen LogP contribution in [0.5, 0.6) is 0 Å². The molecule has 0 aromatic rings. The van der Waals surface area contributed by atoms with Crippen LogP contribution in [0, 0.1) is 0 Å². The highest BCUT2D eigenvalue weighted by atomic mass is 35.5. The van der Waals surface area contributed by atoms with Gasteiger partial charge in [-0.1, -0.05) is 6.42 Å². The molecule has 0 radical (unpaired) electrons. The Labute approximate surface area is 116 Å². The Morgan fingerprint density at radius 1 is 0.944 bits per heavy atom. The highest BCUT2D eigenvalue weighted by Crippen LogP contribution is 2.18. The van der Waals surface area contributed by atoms with Crippen molar-refractivity contribution in [3.05, 3.63) is 0 Å². The van der Waals surface area contributed by atoms with Crippen LogP contribution in [-0.2, 0) is 10.2 Å². The van der Waals surface area contributed by atoms with Crippen molar-refractivity contribution in [2.75, 3.05) is 26.2 Å². The van der Waals surface area contributed by atoms with E-state index in [0.29, 0.717) is 26.2 Å². The lowest BCUT2D eigenvalue weighted by molar-refractivity contribution is 0.236. The molecule has 2 unspecified atom stereocenters. The highest BCUT2D eigenvalue weighted by molar-refractivity contribution is 7.86. The van der Waals surface area contributed by atoms with E-state index in [4.69, 9.17) is 0 Å². The normalized spacial score (nSPS) is 31.9. The van der Waals surface area contributed by atoms with Crippen molar-refractivity contribution in [2.45, 2.75) is 45.2 Å². The van der Waals surface area contributed by atoms with Gasteiger partial charge in [-0.15, -0.1) is 12.4 Å². The quantitative estimate of drug-likeness (QED) is 0.821. The van der Waals surface area contributed by atoms with Gasteiger partial charge in [-0.3, -0.25) is 0 Å². The van der Waals surface area contributed by atoms with E-state index >= 15 is 0 Å². The van der Waals surface area contributed by atoms with Crippen LogP contribution >= 0.6 is 12.4 Å². The van der Waals surface area contributed by atoms with Crippen LogP contribution < -0.4 is 5.32 Å². The maximum atomic E-state index is 12.5. The van der Waals surface area contributed by atoms with Gasteiger partial charge in [0.15, 0.2) is 0 Å². The Kier molecular flexibility index (Phi) is 5.86. The van der Waals surface area contributed by atoms with Crippen LogP contribution in [0.25, 0.3) is 0 Å². The molecule has 108 valence electrons. The molecule has 2 rings (SSSR count). The van der Waals surface area contributed by atoms with Crippen LogP contribution in [-0.4, -0.2) is 55.3 Å². The van der Waals surface area contributed by atoms with Crippen molar-refractivity contribution in [3.8, 4) is 0 Å². The third kappa shape index (κ3) is 3.57. The molecule has 0 aromatic carbocycles. The lowest BCUT2D eigenvalue weighted by Crippen LogP contribution is -2.58. The van der Waals surface area contributed by atoms with Crippen LogP contribution in [0.4, 0.5) is 0 Å². The SMILES string of the molecule is CC1CN(S(=O)(=O)N2CCCCC2)CC(C)N1.Cl. The predicted octanol–water partition coefficient (Wildman–Crippen LogP) is 0.821. The summed E-state index contributed by atoms with van der Waals surface area (Å²) in [6.45, 7) is 6.62. The number of nitrogens with zero attached hydrogens (tertiary/aromatic N) is 2.